The molecule has 0 unspecified atom stereocenters. The molecule has 228 valence electrons. The predicted octanol–water partition coefficient (Wildman–Crippen LogP) is 8.45. The maximum Gasteiger partial charge on any atom is 0.458 e. The molecule has 0 aromatic heterocycles. The molecule has 0 amide bonds. The van der Waals surface area contributed by atoms with Crippen LogP contribution in [-0.4, -0.2) is 12.4 Å². The zero-order valence-electron chi connectivity index (χ0n) is 21.4. The molecule has 0 heterocycles. The average molecular weight is 618 g/mol. The van der Waals surface area contributed by atoms with Gasteiger partial charge in [0.15, 0.2) is 11.5 Å². The van der Waals surface area contributed by atoms with E-state index in [9.17, 15) is 43.9 Å². The third-order valence-electron chi connectivity index (χ3n) is 6.36. The predicted molar refractivity (Wildman–Crippen MR) is 141 cm³/mol. The lowest BCUT2D eigenvalue weighted by molar-refractivity contribution is -0.289. The molecule has 0 bridgehead atoms. The lowest BCUT2D eigenvalue weighted by Crippen LogP contribution is -2.34. The van der Waals surface area contributed by atoms with Crippen molar-refractivity contribution >= 4 is 22.7 Å². The van der Waals surface area contributed by atoms with Gasteiger partial charge in [-0.2, -0.15) is 43.9 Å². The van der Waals surface area contributed by atoms with Gasteiger partial charge in [-0.25, -0.2) is 0 Å². The molecule has 0 aliphatic heterocycles. The van der Waals surface area contributed by atoms with Crippen LogP contribution in [0.1, 0.15) is 11.1 Å². The second-order valence-corrected chi connectivity index (χ2v) is 9.31. The van der Waals surface area contributed by atoms with Gasteiger partial charge in [0.1, 0.15) is 0 Å². The van der Waals surface area contributed by atoms with E-state index in [1.165, 1.54) is 12.1 Å². The van der Waals surface area contributed by atoms with Crippen LogP contribution in [-0.2, 0) is 11.8 Å². The van der Waals surface area contributed by atoms with E-state index in [0.29, 0.717) is 12.1 Å². The highest BCUT2D eigenvalue weighted by molar-refractivity contribution is 5.84. The molecule has 15 heteroatoms. The molecule has 8 N–H and O–H groups in total. The third-order valence-corrected chi connectivity index (χ3v) is 6.36. The molecular formula is C28H20F10N4O. The van der Waals surface area contributed by atoms with Crippen LogP contribution in [0.25, 0.3) is 22.3 Å². The zero-order chi connectivity index (χ0) is 32.1. The number of ether oxygens (including phenoxy) is 1. The Labute approximate surface area is 236 Å². The van der Waals surface area contributed by atoms with Crippen molar-refractivity contribution in [1.29, 1.82) is 0 Å². The molecule has 0 fully saturated rings. The molecule has 0 spiro atoms. The molecule has 4 aromatic rings. The minimum absolute atomic E-state index is 0.208. The van der Waals surface area contributed by atoms with Crippen LogP contribution in [0.5, 0.6) is 11.5 Å². The lowest BCUT2D eigenvalue weighted by atomic mass is 9.94. The van der Waals surface area contributed by atoms with Gasteiger partial charge in [-0.15, -0.1) is 0 Å². The van der Waals surface area contributed by atoms with Gasteiger partial charge >= 0.3 is 24.2 Å². The number of alkyl halides is 10. The van der Waals surface area contributed by atoms with Crippen LogP contribution >= 0.6 is 0 Å². The molecule has 4 rings (SSSR count). The second kappa shape index (κ2) is 10.5. The fourth-order valence-corrected chi connectivity index (χ4v) is 4.32. The fraction of sp³-hybridized carbons (Fsp3) is 0.143. The van der Waals surface area contributed by atoms with Crippen molar-refractivity contribution in [3.8, 4) is 33.8 Å². The molecule has 0 saturated carbocycles. The van der Waals surface area contributed by atoms with Gasteiger partial charge in [-0.05, 0) is 46.5 Å². The van der Waals surface area contributed by atoms with Crippen molar-refractivity contribution in [3.63, 3.8) is 0 Å². The normalized spacial score (nSPS) is 12.8. The Balaban J connectivity index is 1.74. The molecule has 43 heavy (non-hydrogen) atoms. The van der Waals surface area contributed by atoms with Crippen LogP contribution in [0.3, 0.4) is 0 Å². The minimum Gasteiger partial charge on any atom is -0.449 e. The lowest BCUT2D eigenvalue weighted by Gasteiger charge is -2.23. The van der Waals surface area contributed by atoms with Crippen molar-refractivity contribution in [2.24, 2.45) is 0 Å². The highest BCUT2D eigenvalue weighted by atomic mass is 19.4. The number of hydrogen-bond donors (Lipinski definition) is 4. The molecule has 5 nitrogen and oxygen atoms in total. The van der Waals surface area contributed by atoms with Crippen molar-refractivity contribution in [2.45, 2.75) is 24.2 Å². The quantitative estimate of drug-likeness (QED) is 0.128. The summed E-state index contributed by atoms with van der Waals surface area (Å²) in [5, 5.41) is 0. The van der Waals surface area contributed by atoms with Gasteiger partial charge < -0.3 is 27.7 Å². The summed E-state index contributed by atoms with van der Waals surface area (Å²) < 4.78 is 141. The summed E-state index contributed by atoms with van der Waals surface area (Å²) >= 11 is 0. The van der Waals surface area contributed by atoms with Gasteiger partial charge in [0, 0.05) is 11.1 Å². The molecule has 4 aromatic carbocycles. The van der Waals surface area contributed by atoms with Crippen molar-refractivity contribution < 1.29 is 48.6 Å². The first kappa shape index (κ1) is 31.1. The summed E-state index contributed by atoms with van der Waals surface area (Å²) in [5.74, 6) is -11.1. The summed E-state index contributed by atoms with van der Waals surface area (Å²) in [5.41, 5.74) is 18.5. The standard InChI is InChI=1S/C28H20F10N4O/c29-25(30,27(33,34)35)17-7-3-1-5-15(17)13-9-19(39)23(20(40)10-13)43-24-21(41)11-14(12-22(24)42)16-6-2-4-8-18(16)26(31,32)28(36,37)38/h1-12H,39-42H2. The monoisotopic (exact) mass is 618 g/mol. The maximum absolute atomic E-state index is 14.2. The molecule has 0 atom stereocenters. The van der Waals surface area contributed by atoms with E-state index < -0.39 is 46.5 Å². The van der Waals surface area contributed by atoms with Crippen molar-refractivity contribution in [2.75, 3.05) is 22.9 Å². The van der Waals surface area contributed by atoms with Crippen molar-refractivity contribution in [1.82, 2.24) is 0 Å². The first-order valence-corrected chi connectivity index (χ1v) is 11.9. The third kappa shape index (κ3) is 5.53. The van der Waals surface area contributed by atoms with Crippen LogP contribution in [0.4, 0.5) is 66.7 Å². The number of benzene rings is 4. The van der Waals surface area contributed by atoms with E-state index in [4.69, 9.17) is 27.7 Å². The Morgan fingerprint density at radius 1 is 0.442 bits per heavy atom. The number of nitrogens with two attached hydrogens (primary N) is 4. The topological polar surface area (TPSA) is 113 Å². The summed E-state index contributed by atoms with van der Waals surface area (Å²) in [4.78, 5) is 0. The van der Waals surface area contributed by atoms with E-state index >= 15 is 0 Å². The summed E-state index contributed by atoms with van der Waals surface area (Å²) in [6.45, 7) is 0. The Bertz CT molecular complexity index is 1510. The number of halogens is 10. The van der Waals surface area contributed by atoms with E-state index in [1.54, 1.807) is 0 Å². The zero-order valence-corrected chi connectivity index (χ0v) is 21.4. The Morgan fingerprint density at radius 2 is 0.721 bits per heavy atom. The SMILES string of the molecule is Nc1cc(-c2ccccc2C(F)(F)C(F)(F)F)cc(N)c1Oc1c(N)cc(-c2ccccc2C(F)(F)C(F)(F)F)cc1N. The van der Waals surface area contributed by atoms with Crippen LogP contribution < -0.4 is 27.7 Å². The maximum atomic E-state index is 14.2. The van der Waals surface area contributed by atoms with Gasteiger partial charge in [0.05, 0.1) is 22.7 Å². The first-order chi connectivity index (χ1) is 19.8. The highest BCUT2D eigenvalue weighted by Gasteiger charge is 2.60. The Kier molecular flexibility index (Phi) is 7.58. The molecule has 0 aliphatic carbocycles. The smallest absolute Gasteiger partial charge is 0.449 e. The molecule has 0 saturated heterocycles. The van der Waals surface area contributed by atoms with Crippen molar-refractivity contribution in [3.05, 3.63) is 83.9 Å². The summed E-state index contributed by atoms with van der Waals surface area (Å²) in [6.07, 6.45) is -11.8. The molecular weight excluding hydrogens is 598 g/mol. The van der Waals surface area contributed by atoms with E-state index in [2.05, 4.69) is 0 Å². The number of anilines is 4. The Morgan fingerprint density at radius 3 is 1.00 bits per heavy atom. The largest absolute Gasteiger partial charge is 0.458 e. The van der Waals surface area contributed by atoms with Crippen LogP contribution in [0, 0.1) is 0 Å². The van der Waals surface area contributed by atoms with Gasteiger partial charge in [0.25, 0.3) is 0 Å². The van der Waals surface area contributed by atoms with Crippen LogP contribution in [0.15, 0.2) is 72.8 Å². The number of hydrogen-bond acceptors (Lipinski definition) is 5. The number of nitrogen functional groups attached to an aromatic ring is 4. The van der Waals surface area contributed by atoms with E-state index in [1.807, 2.05) is 0 Å². The van der Waals surface area contributed by atoms with E-state index in [-0.39, 0.29) is 45.4 Å². The highest BCUT2D eigenvalue weighted by Crippen LogP contribution is 2.50. The van der Waals surface area contributed by atoms with Crippen LogP contribution in [0.2, 0.25) is 0 Å². The summed E-state index contributed by atoms with van der Waals surface area (Å²) in [7, 11) is 0. The first-order valence-electron chi connectivity index (χ1n) is 11.9. The fourth-order valence-electron chi connectivity index (χ4n) is 4.32. The summed E-state index contributed by atoms with van der Waals surface area (Å²) in [6, 6.07) is 11.8. The number of rotatable bonds is 6. The molecule has 0 aliphatic rings. The van der Waals surface area contributed by atoms with Gasteiger partial charge in [-0.1, -0.05) is 48.5 Å². The molecule has 0 radical (unpaired) electrons. The van der Waals surface area contributed by atoms with Gasteiger partial charge in [0.2, 0.25) is 0 Å². The average Bonchev–Trinajstić information content (AvgIpc) is 2.90. The minimum atomic E-state index is -5.90. The van der Waals surface area contributed by atoms with E-state index in [0.717, 1.165) is 48.5 Å². The Hall–Kier alpha value is -4.82. The van der Waals surface area contributed by atoms with Gasteiger partial charge in [-0.3, -0.25) is 0 Å². The second-order valence-electron chi connectivity index (χ2n) is 9.31.